The molecule has 0 bridgehead atoms. The van der Waals surface area contributed by atoms with E-state index in [1.54, 1.807) is 26.0 Å². The second kappa shape index (κ2) is 7.03. The number of rotatable bonds is 5. The minimum Gasteiger partial charge on any atom is -0.424 e. The van der Waals surface area contributed by atoms with E-state index in [1.165, 1.54) is 12.1 Å². The number of benzene rings is 2. The van der Waals surface area contributed by atoms with Crippen LogP contribution in [0.15, 0.2) is 54.6 Å². The van der Waals surface area contributed by atoms with E-state index in [9.17, 15) is 9.18 Å². The van der Waals surface area contributed by atoms with Crippen LogP contribution in [-0.2, 0) is 10.2 Å². The monoisotopic (exact) mass is 377 g/mol. The minimum absolute atomic E-state index is 0.120. The predicted molar refractivity (Wildman–Crippen MR) is 104 cm³/mol. The summed E-state index contributed by atoms with van der Waals surface area (Å²) in [6.07, 6.45) is 1.47. The summed E-state index contributed by atoms with van der Waals surface area (Å²) in [7, 11) is 0. The lowest BCUT2D eigenvalue weighted by Crippen LogP contribution is -2.28. The van der Waals surface area contributed by atoms with Crippen molar-refractivity contribution in [2.45, 2.75) is 32.1 Å². The van der Waals surface area contributed by atoms with Gasteiger partial charge in [0, 0.05) is 0 Å². The lowest BCUT2D eigenvalue weighted by atomic mass is 9.95. The maximum Gasteiger partial charge on any atom is 0.322 e. The molecule has 5 nitrogen and oxygen atoms in total. The molecule has 0 saturated heterocycles. The van der Waals surface area contributed by atoms with Gasteiger partial charge in [-0.1, -0.05) is 30.3 Å². The van der Waals surface area contributed by atoms with Crippen LogP contribution < -0.4 is 10.1 Å². The van der Waals surface area contributed by atoms with E-state index in [0.717, 1.165) is 18.4 Å². The van der Waals surface area contributed by atoms with Crippen molar-refractivity contribution in [3.05, 3.63) is 77.4 Å². The standard InChI is InChI=1S/C22H20FN3O2/c1-14-19(15(2)25-21(24-14)28-18-6-4-3-5-7-18)26-20(27)22(12-13-22)16-8-10-17(23)11-9-16/h3-11H,12-13H2,1-2H3,(H,26,27). The van der Waals surface area contributed by atoms with Crippen LogP contribution in [0.1, 0.15) is 29.8 Å². The number of carbonyl (C=O) groups excluding carboxylic acids is 1. The molecule has 1 amide bonds. The number of nitrogens with one attached hydrogen (secondary N) is 1. The average Bonchev–Trinajstić information content (AvgIpc) is 3.48. The fourth-order valence-corrected chi connectivity index (χ4v) is 3.28. The molecule has 1 fully saturated rings. The van der Waals surface area contributed by atoms with Crippen molar-refractivity contribution in [1.82, 2.24) is 9.97 Å². The number of anilines is 1. The Hall–Kier alpha value is -3.28. The lowest BCUT2D eigenvalue weighted by Gasteiger charge is -2.18. The number of aromatic nitrogens is 2. The molecule has 1 aromatic heterocycles. The van der Waals surface area contributed by atoms with Crippen LogP contribution in [0.2, 0.25) is 0 Å². The summed E-state index contributed by atoms with van der Waals surface area (Å²) >= 11 is 0. The van der Waals surface area contributed by atoms with Crippen molar-refractivity contribution in [3.8, 4) is 11.8 Å². The largest absolute Gasteiger partial charge is 0.424 e. The molecule has 2 aromatic carbocycles. The maximum absolute atomic E-state index is 13.2. The summed E-state index contributed by atoms with van der Waals surface area (Å²) in [5.74, 6) is 0.214. The highest BCUT2D eigenvalue weighted by atomic mass is 19.1. The van der Waals surface area contributed by atoms with Crippen molar-refractivity contribution in [3.63, 3.8) is 0 Å². The van der Waals surface area contributed by atoms with Crippen LogP contribution in [0.25, 0.3) is 0 Å². The normalized spacial score (nSPS) is 14.4. The molecule has 3 aromatic rings. The Labute approximate surface area is 162 Å². The molecule has 4 rings (SSSR count). The SMILES string of the molecule is Cc1nc(Oc2ccccc2)nc(C)c1NC(=O)C1(c2ccc(F)cc2)CC1. The molecule has 0 unspecified atom stereocenters. The lowest BCUT2D eigenvalue weighted by molar-refractivity contribution is -0.118. The molecule has 1 aliphatic carbocycles. The highest BCUT2D eigenvalue weighted by molar-refractivity contribution is 6.02. The van der Waals surface area contributed by atoms with Gasteiger partial charge in [-0.2, -0.15) is 9.97 Å². The van der Waals surface area contributed by atoms with E-state index < -0.39 is 5.41 Å². The van der Waals surface area contributed by atoms with Crippen LogP contribution in [0.3, 0.4) is 0 Å². The van der Waals surface area contributed by atoms with Crippen molar-refractivity contribution < 1.29 is 13.9 Å². The molecule has 142 valence electrons. The van der Waals surface area contributed by atoms with Gasteiger partial charge in [0.2, 0.25) is 5.91 Å². The van der Waals surface area contributed by atoms with E-state index in [-0.39, 0.29) is 17.7 Å². The van der Waals surface area contributed by atoms with Gasteiger partial charge in [0.1, 0.15) is 11.6 Å². The Morgan fingerprint density at radius 1 is 1.00 bits per heavy atom. The average molecular weight is 377 g/mol. The third-order valence-corrected chi connectivity index (χ3v) is 5.02. The second-order valence-electron chi connectivity index (χ2n) is 7.01. The number of halogens is 1. The molecule has 1 N–H and O–H groups in total. The van der Waals surface area contributed by atoms with Gasteiger partial charge >= 0.3 is 6.01 Å². The fraction of sp³-hybridized carbons (Fsp3) is 0.227. The summed E-state index contributed by atoms with van der Waals surface area (Å²) in [5, 5.41) is 2.97. The molecule has 6 heteroatoms. The summed E-state index contributed by atoms with van der Waals surface area (Å²) in [6.45, 7) is 3.61. The van der Waals surface area contributed by atoms with Gasteiger partial charge in [-0.25, -0.2) is 4.39 Å². The molecule has 1 aliphatic rings. The number of amides is 1. The van der Waals surface area contributed by atoms with Gasteiger partial charge in [-0.15, -0.1) is 0 Å². The van der Waals surface area contributed by atoms with Gasteiger partial charge in [0.05, 0.1) is 22.5 Å². The fourth-order valence-electron chi connectivity index (χ4n) is 3.28. The zero-order chi connectivity index (χ0) is 19.7. The highest BCUT2D eigenvalue weighted by Crippen LogP contribution is 2.49. The number of nitrogens with zero attached hydrogens (tertiary/aromatic N) is 2. The third kappa shape index (κ3) is 3.45. The van der Waals surface area contributed by atoms with Crippen LogP contribution in [0.4, 0.5) is 10.1 Å². The third-order valence-electron chi connectivity index (χ3n) is 5.02. The van der Waals surface area contributed by atoms with Gasteiger partial charge in [0.25, 0.3) is 0 Å². The molecule has 0 radical (unpaired) electrons. The minimum atomic E-state index is -0.605. The summed E-state index contributed by atoms with van der Waals surface area (Å²) in [5.41, 5.74) is 2.06. The van der Waals surface area contributed by atoms with Crippen LogP contribution in [0, 0.1) is 19.7 Å². The van der Waals surface area contributed by atoms with Crippen molar-refractivity contribution in [2.24, 2.45) is 0 Å². The quantitative estimate of drug-likeness (QED) is 0.700. The first-order valence-electron chi connectivity index (χ1n) is 9.13. The van der Waals surface area contributed by atoms with Crippen molar-refractivity contribution >= 4 is 11.6 Å². The smallest absolute Gasteiger partial charge is 0.322 e. The van der Waals surface area contributed by atoms with Crippen LogP contribution in [0.5, 0.6) is 11.8 Å². The Bertz CT molecular complexity index is 993. The molecule has 0 spiro atoms. The van der Waals surface area contributed by atoms with E-state index in [1.807, 2.05) is 30.3 Å². The van der Waals surface area contributed by atoms with Crippen molar-refractivity contribution in [2.75, 3.05) is 5.32 Å². The Kier molecular flexibility index (Phi) is 4.55. The molecular weight excluding hydrogens is 357 g/mol. The maximum atomic E-state index is 13.2. The molecule has 1 heterocycles. The number of ether oxygens (including phenoxy) is 1. The molecule has 0 atom stereocenters. The first-order chi connectivity index (χ1) is 13.5. The predicted octanol–water partition coefficient (Wildman–Crippen LogP) is 4.70. The first kappa shape index (κ1) is 18.1. The summed E-state index contributed by atoms with van der Waals surface area (Å²) in [6, 6.07) is 15.6. The highest BCUT2D eigenvalue weighted by Gasteiger charge is 2.51. The number of hydrogen-bond acceptors (Lipinski definition) is 4. The van der Waals surface area contributed by atoms with Gasteiger partial charge in [-0.05, 0) is 56.5 Å². The van der Waals surface area contributed by atoms with E-state index >= 15 is 0 Å². The number of aryl methyl sites for hydroxylation is 2. The van der Waals surface area contributed by atoms with Gasteiger partial charge < -0.3 is 10.1 Å². The number of hydrogen-bond donors (Lipinski definition) is 1. The van der Waals surface area contributed by atoms with Crippen LogP contribution >= 0.6 is 0 Å². The zero-order valence-corrected chi connectivity index (χ0v) is 15.7. The van der Waals surface area contributed by atoms with E-state index in [0.29, 0.717) is 22.8 Å². The van der Waals surface area contributed by atoms with E-state index in [4.69, 9.17) is 4.74 Å². The first-order valence-corrected chi connectivity index (χ1v) is 9.13. The van der Waals surface area contributed by atoms with Gasteiger partial charge in [-0.3, -0.25) is 4.79 Å². The van der Waals surface area contributed by atoms with Gasteiger partial charge in [0.15, 0.2) is 0 Å². The van der Waals surface area contributed by atoms with E-state index in [2.05, 4.69) is 15.3 Å². The summed E-state index contributed by atoms with van der Waals surface area (Å²) in [4.78, 5) is 21.7. The van der Waals surface area contributed by atoms with Crippen molar-refractivity contribution in [1.29, 1.82) is 0 Å². The Morgan fingerprint density at radius 2 is 1.61 bits per heavy atom. The molecule has 0 aliphatic heterocycles. The van der Waals surface area contributed by atoms with Crippen LogP contribution in [-0.4, -0.2) is 15.9 Å². The zero-order valence-electron chi connectivity index (χ0n) is 15.7. The molecular formula is C22H20FN3O2. The molecule has 1 saturated carbocycles. The Balaban J connectivity index is 1.55. The Morgan fingerprint density at radius 3 is 2.18 bits per heavy atom. The second-order valence-corrected chi connectivity index (χ2v) is 7.01. The molecule has 28 heavy (non-hydrogen) atoms. The summed E-state index contributed by atoms with van der Waals surface area (Å²) < 4.78 is 18.9. The number of carbonyl (C=O) groups is 1. The topological polar surface area (TPSA) is 64.1 Å². The number of para-hydroxylation sites is 1.